The highest BCUT2D eigenvalue weighted by atomic mass is 16.5. The number of nitrogens with zero attached hydrogens (tertiary/aromatic N) is 3. The molecule has 0 aliphatic carbocycles. The van der Waals surface area contributed by atoms with Gasteiger partial charge in [-0.15, -0.1) is 0 Å². The summed E-state index contributed by atoms with van der Waals surface area (Å²) < 4.78 is 5.54. The van der Waals surface area contributed by atoms with Gasteiger partial charge in [-0.05, 0) is 31.2 Å². The lowest BCUT2D eigenvalue weighted by atomic mass is 10.1. The molecule has 0 saturated carbocycles. The van der Waals surface area contributed by atoms with Crippen molar-refractivity contribution in [2.45, 2.75) is 13.0 Å². The molecule has 3 aromatic rings. The van der Waals surface area contributed by atoms with E-state index in [4.69, 9.17) is 4.74 Å². The number of benzene rings is 1. The lowest BCUT2D eigenvalue weighted by molar-refractivity contribution is -0.00390. The van der Waals surface area contributed by atoms with Gasteiger partial charge in [-0.2, -0.15) is 5.10 Å². The van der Waals surface area contributed by atoms with E-state index in [2.05, 4.69) is 20.2 Å². The molecule has 1 atom stereocenters. The topological polar surface area (TPSA) is 86.9 Å². The minimum absolute atomic E-state index is 0.0120. The molecule has 1 saturated heterocycles. The van der Waals surface area contributed by atoms with E-state index in [-0.39, 0.29) is 11.9 Å². The average Bonchev–Trinajstić information content (AvgIpc) is 3.21. The number of imidazole rings is 1. The van der Waals surface area contributed by atoms with Gasteiger partial charge in [0.1, 0.15) is 5.82 Å². The number of aromatic nitrogens is 4. The van der Waals surface area contributed by atoms with E-state index in [1.807, 2.05) is 36.1 Å². The van der Waals surface area contributed by atoms with Crippen LogP contribution in [0.25, 0.3) is 11.0 Å². The number of aryl methyl sites for hydroxylation is 1. The predicted octanol–water partition coefficient (Wildman–Crippen LogP) is 1.81. The van der Waals surface area contributed by atoms with Crippen LogP contribution in [0, 0.1) is 6.92 Å². The Hall–Kier alpha value is -2.67. The molecule has 4 rings (SSSR count). The summed E-state index contributed by atoms with van der Waals surface area (Å²) in [6.45, 7) is 3.47. The van der Waals surface area contributed by atoms with Crippen molar-refractivity contribution in [2.75, 3.05) is 19.8 Å². The van der Waals surface area contributed by atoms with E-state index in [9.17, 15) is 4.79 Å². The Bertz CT molecular complexity index is 839. The highest BCUT2D eigenvalue weighted by molar-refractivity contribution is 5.97. The monoisotopic (exact) mass is 311 g/mol. The fraction of sp³-hybridized carbons (Fsp3) is 0.312. The molecule has 3 heterocycles. The van der Waals surface area contributed by atoms with Gasteiger partial charge < -0.3 is 14.6 Å². The average molecular weight is 311 g/mol. The Morgan fingerprint density at radius 1 is 1.39 bits per heavy atom. The number of fused-ring (bicyclic) bond motifs is 1. The van der Waals surface area contributed by atoms with E-state index in [0.29, 0.717) is 25.3 Å². The number of aromatic amines is 2. The summed E-state index contributed by atoms with van der Waals surface area (Å²) >= 11 is 0. The van der Waals surface area contributed by atoms with E-state index in [1.165, 1.54) is 0 Å². The number of H-pyrrole nitrogens is 2. The molecule has 0 bridgehead atoms. The summed E-state index contributed by atoms with van der Waals surface area (Å²) in [4.78, 5) is 22.3. The highest BCUT2D eigenvalue weighted by Crippen LogP contribution is 2.25. The molecule has 1 fully saturated rings. The van der Waals surface area contributed by atoms with Crippen molar-refractivity contribution < 1.29 is 9.53 Å². The molecule has 1 amide bonds. The van der Waals surface area contributed by atoms with Crippen LogP contribution in [0.15, 0.2) is 30.5 Å². The molecular weight excluding hydrogens is 294 g/mol. The second-order valence-corrected chi connectivity index (χ2v) is 5.66. The van der Waals surface area contributed by atoms with Gasteiger partial charge in [-0.1, -0.05) is 0 Å². The molecule has 0 spiro atoms. The van der Waals surface area contributed by atoms with Crippen molar-refractivity contribution in [2.24, 2.45) is 0 Å². The molecule has 1 aliphatic rings. The van der Waals surface area contributed by atoms with Crippen LogP contribution < -0.4 is 0 Å². The van der Waals surface area contributed by atoms with E-state index in [1.54, 1.807) is 6.20 Å². The first-order valence-electron chi connectivity index (χ1n) is 7.57. The van der Waals surface area contributed by atoms with E-state index >= 15 is 0 Å². The molecule has 0 radical (unpaired) electrons. The fourth-order valence-electron chi connectivity index (χ4n) is 2.99. The largest absolute Gasteiger partial charge is 0.377 e. The molecule has 2 N–H and O–H groups in total. The number of hydrogen-bond acceptors (Lipinski definition) is 4. The van der Waals surface area contributed by atoms with Crippen LogP contribution in [0.3, 0.4) is 0 Å². The zero-order chi connectivity index (χ0) is 15.8. The molecule has 0 unspecified atom stereocenters. The third-order valence-electron chi connectivity index (χ3n) is 4.12. The molecule has 1 aromatic carbocycles. The SMILES string of the molecule is Cc1nc2ccc(C(=O)N3CCOC[C@H]3c3ccn[nH]3)cc2[nH]1. The summed E-state index contributed by atoms with van der Waals surface area (Å²) in [5, 5.41) is 6.91. The van der Waals surface area contributed by atoms with Crippen molar-refractivity contribution >= 4 is 16.9 Å². The van der Waals surface area contributed by atoms with Crippen LogP contribution in [0.5, 0.6) is 0 Å². The van der Waals surface area contributed by atoms with Crippen molar-refractivity contribution in [3.63, 3.8) is 0 Å². The Morgan fingerprint density at radius 2 is 2.30 bits per heavy atom. The van der Waals surface area contributed by atoms with Crippen LogP contribution >= 0.6 is 0 Å². The number of hydrogen-bond donors (Lipinski definition) is 2. The van der Waals surface area contributed by atoms with Crippen molar-refractivity contribution in [3.05, 3.63) is 47.5 Å². The fourth-order valence-corrected chi connectivity index (χ4v) is 2.99. The summed E-state index contributed by atoms with van der Waals surface area (Å²) in [5.41, 5.74) is 3.27. The smallest absolute Gasteiger partial charge is 0.254 e. The lowest BCUT2D eigenvalue weighted by Crippen LogP contribution is -2.43. The third-order valence-corrected chi connectivity index (χ3v) is 4.12. The second kappa shape index (κ2) is 5.51. The number of nitrogens with one attached hydrogen (secondary N) is 2. The number of rotatable bonds is 2. The molecular formula is C16H17N5O2. The lowest BCUT2D eigenvalue weighted by Gasteiger charge is -2.35. The van der Waals surface area contributed by atoms with Gasteiger partial charge in [0.05, 0.1) is 36.0 Å². The summed E-state index contributed by atoms with van der Waals surface area (Å²) in [6.07, 6.45) is 1.69. The zero-order valence-electron chi connectivity index (χ0n) is 12.7. The maximum Gasteiger partial charge on any atom is 0.254 e. The van der Waals surface area contributed by atoms with Crippen LogP contribution in [-0.2, 0) is 4.74 Å². The van der Waals surface area contributed by atoms with Gasteiger partial charge in [0, 0.05) is 18.3 Å². The van der Waals surface area contributed by atoms with Gasteiger partial charge in [0.15, 0.2) is 0 Å². The minimum atomic E-state index is -0.141. The van der Waals surface area contributed by atoms with Crippen LogP contribution in [0.4, 0.5) is 0 Å². The molecule has 1 aliphatic heterocycles. The number of ether oxygens (including phenoxy) is 1. The normalized spacial score (nSPS) is 18.5. The van der Waals surface area contributed by atoms with Gasteiger partial charge in [0.25, 0.3) is 5.91 Å². The first-order chi connectivity index (χ1) is 11.2. The highest BCUT2D eigenvalue weighted by Gasteiger charge is 2.30. The quantitative estimate of drug-likeness (QED) is 0.755. The summed E-state index contributed by atoms with van der Waals surface area (Å²) in [6, 6.07) is 7.29. The molecule has 2 aromatic heterocycles. The number of carbonyl (C=O) groups excluding carboxylic acids is 1. The van der Waals surface area contributed by atoms with Crippen molar-refractivity contribution in [1.82, 2.24) is 25.1 Å². The van der Waals surface area contributed by atoms with Crippen LogP contribution in [-0.4, -0.2) is 50.7 Å². The maximum atomic E-state index is 13.0. The van der Waals surface area contributed by atoms with Crippen molar-refractivity contribution in [3.8, 4) is 0 Å². The Morgan fingerprint density at radius 3 is 3.13 bits per heavy atom. The number of amides is 1. The van der Waals surface area contributed by atoms with Crippen molar-refractivity contribution in [1.29, 1.82) is 0 Å². The third kappa shape index (κ3) is 2.49. The van der Waals surface area contributed by atoms with Crippen LogP contribution in [0.2, 0.25) is 0 Å². The van der Waals surface area contributed by atoms with E-state index < -0.39 is 0 Å². The van der Waals surface area contributed by atoms with Crippen LogP contribution in [0.1, 0.15) is 27.9 Å². The first kappa shape index (κ1) is 14.0. The molecule has 23 heavy (non-hydrogen) atoms. The Balaban J connectivity index is 1.67. The Kier molecular flexibility index (Phi) is 3.34. The predicted molar refractivity (Wildman–Crippen MR) is 84.0 cm³/mol. The maximum absolute atomic E-state index is 13.0. The standard InChI is InChI=1S/C16H17N5O2/c1-10-18-12-3-2-11(8-14(12)19-10)16(22)21-6-7-23-9-15(21)13-4-5-17-20-13/h2-5,8,15H,6-7,9H2,1H3,(H,17,20)(H,18,19)/t15-/m0/s1. The Labute approximate surface area is 132 Å². The van der Waals surface area contributed by atoms with E-state index in [0.717, 1.165) is 22.6 Å². The molecule has 118 valence electrons. The van der Waals surface area contributed by atoms with Gasteiger partial charge in [-0.3, -0.25) is 9.89 Å². The zero-order valence-corrected chi connectivity index (χ0v) is 12.7. The second-order valence-electron chi connectivity index (χ2n) is 5.66. The van der Waals surface area contributed by atoms with Gasteiger partial charge in [0.2, 0.25) is 0 Å². The number of carbonyl (C=O) groups is 1. The first-order valence-corrected chi connectivity index (χ1v) is 7.57. The molecule has 7 heteroatoms. The minimum Gasteiger partial charge on any atom is -0.377 e. The number of morpholine rings is 1. The summed E-state index contributed by atoms with van der Waals surface area (Å²) in [5.74, 6) is 0.827. The summed E-state index contributed by atoms with van der Waals surface area (Å²) in [7, 11) is 0. The van der Waals surface area contributed by atoms with Gasteiger partial charge >= 0.3 is 0 Å². The molecule has 7 nitrogen and oxygen atoms in total. The van der Waals surface area contributed by atoms with Gasteiger partial charge in [-0.25, -0.2) is 4.98 Å².